The van der Waals surface area contributed by atoms with E-state index >= 15 is 0 Å². The van der Waals surface area contributed by atoms with Crippen molar-refractivity contribution in [2.45, 2.75) is 19.5 Å². The van der Waals surface area contributed by atoms with Crippen LogP contribution in [-0.4, -0.2) is 51.6 Å². The number of nitrogens with zero attached hydrogens (tertiary/aromatic N) is 3. The van der Waals surface area contributed by atoms with Gasteiger partial charge >= 0.3 is 5.97 Å². The first-order chi connectivity index (χ1) is 10.6. The summed E-state index contributed by atoms with van der Waals surface area (Å²) < 4.78 is 7.11. The zero-order valence-electron chi connectivity index (χ0n) is 12.5. The van der Waals surface area contributed by atoms with Gasteiger partial charge in [-0.3, -0.25) is 9.69 Å². The molecule has 0 amide bonds. The summed E-state index contributed by atoms with van der Waals surface area (Å²) in [5.41, 5.74) is 2.95. The highest BCUT2D eigenvalue weighted by Gasteiger charge is 2.29. The summed E-state index contributed by atoms with van der Waals surface area (Å²) in [5.74, 6) is -0.840. The summed E-state index contributed by atoms with van der Waals surface area (Å²) in [5, 5.41) is 13.8. The van der Waals surface area contributed by atoms with Crippen molar-refractivity contribution in [2.75, 3.05) is 19.8 Å². The second kappa shape index (κ2) is 6.29. The van der Waals surface area contributed by atoms with Crippen molar-refractivity contribution in [3.8, 4) is 5.69 Å². The SMILES string of the molecule is Cc1nn(-c2ccccc2)cc1CN1CCOC[C@@H]1C(=O)O. The molecular formula is C16H19N3O3. The molecule has 1 N–H and O–H groups in total. The largest absolute Gasteiger partial charge is 0.480 e. The molecule has 0 saturated carbocycles. The van der Waals surface area contributed by atoms with E-state index in [1.54, 1.807) is 0 Å². The monoisotopic (exact) mass is 301 g/mol. The molecular weight excluding hydrogens is 282 g/mol. The second-order valence-corrected chi connectivity index (χ2v) is 5.42. The number of aryl methyl sites for hydroxylation is 1. The molecule has 1 saturated heterocycles. The number of aromatic nitrogens is 2. The molecule has 2 heterocycles. The van der Waals surface area contributed by atoms with Crippen LogP contribution in [-0.2, 0) is 16.1 Å². The Morgan fingerprint density at radius 2 is 2.18 bits per heavy atom. The van der Waals surface area contributed by atoms with Crippen LogP contribution in [0.2, 0.25) is 0 Å². The number of para-hydroxylation sites is 1. The minimum Gasteiger partial charge on any atom is -0.480 e. The third-order valence-corrected chi connectivity index (χ3v) is 3.92. The lowest BCUT2D eigenvalue weighted by Gasteiger charge is -2.32. The van der Waals surface area contributed by atoms with Gasteiger partial charge in [-0.1, -0.05) is 18.2 Å². The molecule has 0 unspecified atom stereocenters. The molecule has 3 rings (SSSR count). The molecule has 1 aliphatic rings. The molecule has 1 aromatic heterocycles. The average Bonchev–Trinajstić information content (AvgIpc) is 2.90. The molecule has 0 bridgehead atoms. The van der Waals surface area contributed by atoms with E-state index in [2.05, 4.69) is 5.10 Å². The molecule has 0 radical (unpaired) electrons. The van der Waals surface area contributed by atoms with E-state index in [4.69, 9.17) is 4.74 Å². The molecule has 22 heavy (non-hydrogen) atoms. The maximum Gasteiger partial charge on any atom is 0.323 e. The Morgan fingerprint density at radius 1 is 1.41 bits per heavy atom. The highest BCUT2D eigenvalue weighted by molar-refractivity contribution is 5.73. The van der Waals surface area contributed by atoms with Gasteiger partial charge in [-0.15, -0.1) is 0 Å². The topological polar surface area (TPSA) is 67.6 Å². The van der Waals surface area contributed by atoms with Crippen LogP contribution in [0.3, 0.4) is 0 Å². The zero-order valence-corrected chi connectivity index (χ0v) is 12.5. The number of rotatable bonds is 4. The number of morpholine rings is 1. The minimum absolute atomic E-state index is 0.237. The van der Waals surface area contributed by atoms with Crippen LogP contribution in [0.25, 0.3) is 5.69 Å². The first-order valence-electron chi connectivity index (χ1n) is 7.30. The van der Waals surface area contributed by atoms with E-state index < -0.39 is 12.0 Å². The molecule has 1 aliphatic heterocycles. The van der Waals surface area contributed by atoms with Crippen molar-refractivity contribution >= 4 is 5.97 Å². The minimum atomic E-state index is -0.840. The molecule has 1 aromatic carbocycles. The summed E-state index contributed by atoms with van der Waals surface area (Å²) in [6.07, 6.45) is 1.97. The van der Waals surface area contributed by atoms with Gasteiger partial charge in [0.1, 0.15) is 6.04 Å². The number of carbonyl (C=O) groups is 1. The van der Waals surface area contributed by atoms with Crippen LogP contribution in [0.15, 0.2) is 36.5 Å². The third-order valence-electron chi connectivity index (χ3n) is 3.92. The van der Waals surface area contributed by atoms with Crippen LogP contribution < -0.4 is 0 Å². The number of carboxylic acid groups (broad SMARTS) is 1. The Morgan fingerprint density at radius 3 is 2.91 bits per heavy atom. The molecule has 1 fully saturated rings. The van der Waals surface area contributed by atoms with Gasteiger partial charge in [-0.2, -0.15) is 5.10 Å². The van der Waals surface area contributed by atoms with E-state index in [-0.39, 0.29) is 6.61 Å². The van der Waals surface area contributed by atoms with E-state index in [0.717, 1.165) is 16.9 Å². The number of hydrogen-bond donors (Lipinski definition) is 1. The van der Waals surface area contributed by atoms with Crippen LogP contribution in [0.4, 0.5) is 0 Å². The number of carboxylic acids is 1. The molecule has 6 nitrogen and oxygen atoms in total. The summed E-state index contributed by atoms with van der Waals surface area (Å²) in [6.45, 7) is 3.94. The van der Waals surface area contributed by atoms with Gasteiger partial charge in [0.25, 0.3) is 0 Å². The summed E-state index contributed by atoms with van der Waals surface area (Å²) >= 11 is 0. The van der Waals surface area contributed by atoms with Crippen LogP contribution in [0.1, 0.15) is 11.3 Å². The fourth-order valence-corrected chi connectivity index (χ4v) is 2.64. The van der Waals surface area contributed by atoms with Crippen molar-refractivity contribution < 1.29 is 14.6 Å². The van der Waals surface area contributed by atoms with E-state index in [9.17, 15) is 9.90 Å². The predicted octanol–water partition coefficient (Wildman–Crippen LogP) is 1.47. The fraction of sp³-hybridized carbons (Fsp3) is 0.375. The highest BCUT2D eigenvalue weighted by Crippen LogP contribution is 2.17. The van der Waals surface area contributed by atoms with Crippen molar-refractivity contribution in [3.05, 3.63) is 47.8 Å². The van der Waals surface area contributed by atoms with Crippen molar-refractivity contribution in [2.24, 2.45) is 0 Å². The lowest BCUT2D eigenvalue weighted by Crippen LogP contribution is -2.49. The Balaban J connectivity index is 1.80. The molecule has 0 spiro atoms. The van der Waals surface area contributed by atoms with Crippen LogP contribution >= 0.6 is 0 Å². The van der Waals surface area contributed by atoms with Gasteiger partial charge in [0.15, 0.2) is 0 Å². The molecule has 0 aliphatic carbocycles. The zero-order chi connectivity index (χ0) is 15.5. The van der Waals surface area contributed by atoms with E-state index in [1.165, 1.54) is 0 Å². The third kappa shape index (κ3) is 3.03. The molecule has 2 aromatic rings. The van der Waals surface area contributed by atoms with Gasteiger partial charge in [0.2, 0.25) is 0 Å². The quantitative estimate of drug-likeness (QED) is 0.926. The van der Waals surface area contributed by atoms with Crippen LogP contribution in [0.5, 0.6) is 0 Å². The number of benzene rings is 1. The van der Waals surface area contributed by atoms with Crippen molar-refractivity contribution in [3.63, 3.8) is 0 Å². The van der Waals surface area contributed by atoms with Gasteiger partial charge in [-0.25, -0.2) is 4.68 Å². The fourth-order valence-electron chi connectivity index (χ4n) is 2.64. The molecule has 6 heteroatoms. The van der Waals surface area contributed by atoms with E-state index in [0.29, 0.717) is 19.7 Å². The maximum atomic E-state index is 11.3. The standard InChI is InChI=1S/C16H19N3O3/c1-12-13(9-18-7-8-22-11-15(18)16(20)21)10-19(17-12)14-5-3-2-4-6-14/h2-6,10,15H,7-9,11H2,1H3,(H,20,21)/t15-/m1/s1. The van der Waals surface area contributed by atoms with Crippen LogP contribution in [0, 0.1) is 6.92 Å². The second-order valence-electron chi connectivity index (χ2n) is 5.42. The van der Waals surface area contributed by atoms with Gasteiger partial charge < -0.3 is 9.84 Å². The van der Waals surface area contributed by atoms with Gasteiger partial charge in [0.05, 0.1) is 24.6 Å². The number of hydrogen-bond acceptors (Lipinski definition) is 4. The molecule has 116 valence electrons. The predicted molar refractivity (Wildman–Crippen MR) is 81.0 cm³/mol. The smallest absolute Gasteiger partial charge is 0.323 e. The Kier molecular flexibility index (Phi) is 4.22. The maximum absolute atomic E-state index is 11.3. The summed E-state index contributed by atoms with van der Waals surface area (Å²) in [7, 11) is 0. The summed E-state index contributed by atoms with van der Waals surface area (Å²) in [4.78, 5) is 13.3. The summed E-state index contributed by atoms with van der Waals surface area (Å²) in [6, 6.07) is 9.29. The lowest BCUT2D eigenvalue weighted by molar-refractivity contribution is -0.150. The number of aliphatic carboxylic acids is 1. The van der Waals surface area contributed by atoms with Gasteiger partial charge in [0, 0.05) is 24.8 Å². The average molecular weight is 301 g/mol. The van der Waals surface area contributed by atoms with Crippen molar-refractivity contribution in [1.82, 2.24) is 14.7 Å². The first kappa shape index (κ1) is 14.7. The van der Waals surface area contributed by atoms with Gasteiger partial charge in [-0.05, 0) is 19.1 Å². The highest BCUT2D eigenvalue weighted by atomic mass is 16.5. The van der Waals surface area contributed by atoms with Crippen molar-refractivity contribution in [1.29, 1.82) is 0 Å². The first-order valence-corrected chi connectivity index (χ1v) is 7.30. The Bertz CT molecular complexity index is 654. The van der Waals surface area contributed by atoms with E-state index in [1.807, 2.05) is 53.0 Å². The Hall–Kier alpha value is -2.18. The number of ether oxygens (including phenoxy) is 1. The molecule has 1 atom stereocenters. The normalized spacial score (nSPS) is 19.2. The Labute approximate surface area is 128 Å². The lowest BCUT2D eigenvalue weighted by atomic mass is 10.2.